The fourth-order valence-corrected chi connectivity index (χ4v) is 2.73. The van der Waals surface area contributed by atoms with Gasteiger partial charge < -0.3 is 11.1 Å². The van der Waals surface area contributed by atoms with Crippen LogP contribution in [0.5, 0.6) is 0 Å². The molecule has 0 radical (unpaired) electrons. The molecule has 3 N–H and O–H groups in total. The van der Waals surface area contributed by atoms with Crippen molar-refractivity contribution in [2.45, 2.75) is 13.1 Å². The van der Waals surface area contributed by atoms with Gasteiger partial charge >= 0.3 is 0 Å². The Balaban J connectivity index is 1.59. The van der Waals surface area contributed by atoms with Gasteiger partial charge in [-0.3, -0.25) is 9.59 Å². The molecule has 1 heterocycles. The van der Waals surface area contributed by atoms with Crippen molar-refractivity contribution in [2.75, 3.05) is 0 Å². The zero-order valence-electron chi connectivity index (χ0n) is 13.9. The van der Waals surface area contributed by atoms with Crippen LogP contribution in [0.25, 0.3) is 11.4 Å². The molecule has 0 atom stereocenters. The number of carbonyl (C=O) groups is 2. The number of benzene rings is 2. The predicted molar refractivity (Wildman–Crippen MR) is 100 cm³/mol. The zero-order chi connectivity index (χ0) is 19.4. The summed E-state index contributed by atoms with van der Waals surface area (Å²) in [4.78, 5) is 24.3. The molecule has 0 fully saturated rings. The lowest BCUT2D eigenvalue weighted by Gasteiger charge is -2.06. The lowest BCUT2D eigenvalue weighted by atomic mass is 10.1. The first-order valence-corrected chi connectivity index (χ1v) is 8.56. The third-order valence-electron chi connectivity index (χ3n) is 3.66. The third-order valence-corrected chi connectivity index (χ3v) is 4.24. The summed E-state index contributed by atoms with van der Waals surface area (Å²) in [6, 6.07) is 11.5. The van der Waals surface area contributed by atoms with Gasteiger partial charge in [-0.2, -0.15) is 4.80 Å². The van der Waals surface area contributed by atoms with E-state index in [9.17, 15) is 9.59 Å². The summed E-state index contributed by atoms with van der Waals surface area (Å²) in [5.74, 6) is -0.482. The Hall–Kier alpha value is -2.97. The topological polar surface area (TPSA) is 116 Å². The average molecular weight is 405 g/mol. The molecule has 10 heteroatoms. The summed E-state index contributed by atoms with van der Waals surface area (Å²) in [5.41, 5.74) is 6.98. The molecule has 138 valence electrons. The van der Waals surface area contributed by atoms with Gasteiger partial charge in [0.1, 0.15) is 6.54 Å². The molecule has 3 aromatic rings. The van der Waals surface area contributed by atoms with Gasteiger partial charge in [0.15, 0.2) is 0 Å². The van der Waals surface area contributed by atoms with E-state index in [1.807, 2.05) is 0 Å². The number of tetrazole rings is 1. The molecule has 2 amide bonds. The van der Waals surface area contributed by atoms with Crippen LogP contribution in [-0.4, -0.2) is 32.0 Å². The molecular formula is C17H14Cl2N6O2. The standard InChI is InChI=1S/C17H14Cl2N6O2/c18-13-6-5-12(14(19)7-13)8-21-15(26)9-25-23-17(22-24-25)11-3-1-10(2-4-11)16(20)27/h1-7H,8-9H2,(H2,20,27)(H,21,26). The lowest BCUT2D eigenvalue weighted by Crippen LogP contribution is -2.28. The Kier molecular flexibility index (Phi) is 5.68. The summed E-state index contributed by atoms with van der Waals surface area (Å²) in [5, 5.41) is 15.6. The highest BCUT2D eigenvalue weighted by molar-refractivity contribution is 6.35. The molecule has 2 aromatic carbocycles. The van der Waals surface area contributed by atoms with Crippen molar-refractivity contribution >= 4 is 35.0 Å². The van der Waals surface area contributed by atoms with Gasteiger partial charge in [-0.25, -0.2) is 0 Å². The number of hydrogen-bond donors (Lipinski definition) is 2. The number of rotatable bonds is 6. The number of carbonyl (C=O) groups excluding carboxylic acids is 2. The van der Waals surface area contributed by atoms with E-state index in [4.69, 9.17) is 28.9 Å². The lowest BCUT2D eigenvalue weighted by molar-refractivity contribution is -0.122. The molecule has 1 aromatic heterocycles. The molecule has 3 rings (SSSR count). The highest BCUT2D eigenvalue weighted by Crippen LogP contribution is 2.20. The first-order chi connectivity index (χ1) is 12.9. The number of halogens is 2. The van der Waals surface area contributed by atoms with Crippen LogP contribution < -0.4 is 11.1 Å². The van der Waals surface area contributed by atoms with Crippen molar-refractivity contribution in [3.8, 4) is 11.4 Å². The van der Waals surface area contributed by atoms with E-state index >= 15 is 0 Å². The number of nitrogens with two attached hydrogens (primary N) is 1. The van der Waals surface area contributed by atoms with E-state index in [-0.39, 0.29) is 19.0 Å². The molecule has 0 spiro atoms. The van der Waals surface area contributed by atoms with Crippen LogP contribution in [0.15, 0.2) is 42.5 Å². The Bertz CT molecular complexity index is 987. The van der Waals surface area contributed by atoms with Gasteiger partial charge in [0.2, 0.25) is 17.6 Å². The van der Waals surface area contributed by atoms with E-state index in [0.29, 0.717) is 27.0 Å². The molecule has 27 heavy (non-hydrogen) atoms. The Morgan fingerprint density at radius 2 is 1.85 bits per heavy atom. The highest BCUT2D eigenvalue weighted by atomic mass is 35.5. The average Bonchev–Trinajstić information content (AvgIpc) is 3.09. The first-order valence-electron chi connectivity index (χ1n) is 7.81. The number of aromatic nitrogens is 4. The fourth-order valence-electron chi connectivity index (χ4n) is 2.25. The fraction of sp³-hybridized carbons (Fsp3) is 0.118. The molecular weight excluding hydrogens is 391 g/mol. The zero-order valence-corrected chi connectivity index (χ0v) is 15.4. The number of hydrogen-bond acceptors (Lipinski definition) is 5. The van der Waals surface area contributed by atoms with Crippen LogP contribution in [0.4, 0.5) is 0 Å². The summed E-state index contributed by atoms with van der Waals surface area (Å²) in [6.07, 6.45) is 0. The van der Waals surface area contributed by atoms with Crippen molar-refractivity contribution in [3.05, 3.63) is 63.6 Å². The maximum atomic E-state index is 12.1. The molecule has 0 saturated heterocycles. The summed E-state index contributed by atoms with van der Waals surface area (Å²) in [6.45, 7) is 0.155. The van der Waals surface area contributed by atoms with Gasteiger partial charge in [0, 0.05) is 27.7 Å². The van der Waals surface area contributed by atoms with E-state index in [0.717, 1.165) is 5.56 Å². The van der Waals surface area contributed by atoms with E-state index < -0.39 is 5.91 Å². The van der Waals surface area contributed by atoms with E-state index in [2.05, 4.69) is 20.7 Å². The normalized spacial score (nSPS) is 10.6. The second-order valence-electron chi connectivity index (χ2n) is 5.60. The molecule has 0 unspecified atom stereocenters. The monoisotopic (exact) mass is 404 g/mol. The van der Waals surface area contributed by atoms with Crippen LogP contribution in [0.2, 0.25) is 10.0 Å². The molecule has 0 aliphatic carbocycles. The van der Waals surface area contributed by atoms with Crippen molar-refractivity contribution < 1.29 is 9.59 Å². The second kappa shape index (κ2) is 8.15. The third kappa shape index (κ3) is 4.81. The summed E-state index contributed by atoms with van der Waals surface area (Å²) in [7, 11) is 0. The Morgan fingerprint density at radius 1 is 1.11 bits per heavy atom. The molecule has 8 nitrogen and oxygen atoms in total. The van der Waals surface area contributed by atoms with Crippen molar-refractivity contribution in [2.24, 2.45) is 5.73 Å². The maximum absolute atomic E-state index is 12.1. The van der Waals surface area contributed by atoms with Gasteiger partial charge in [-0.05, 0) is 35.0 Å². The molecule has 0 bridgehead atoms. The minimum absolute atomic E-state index is 0.0996. The van der Waals surface area contributed by atoms with Crippen molar-refractivity contribution in [3.63, 3.8) is 0 Å². The van der Waals surface area contributed by atoms with Crippen LogP contribution in [0.3, 0.4) is 0 Å². The van der Waals surface area contributed by atoms with Crippen LogP contribution in [0.1, 0.15) is 15.9 Å². The second-order valence-corrected chi connectivity index (χ2v) is 6.44. The van der Waals surface area contributed by atoms with Crippen LogP contribution in [-0.2, 0) is 17.9 Å². The predicted octanol–water partition coefficient (Wildman–Crippen LogP) is 2.06. The van der Waals surface area contributed by atoms with Gasteiger partial charge in [0.05, 0.1) is 0 Å². The number of primary amides is 1. The van der Waals surface area contributed by atoms with Gasteiger partial charge in [-0.1, -0.05) is 41.4 Å². The molecule has 0 aliphatic heterocycles. The first kappa shape index (κ1) is 18.8. The molecule has 0 aliphatic rings. The maximum Gasteiger partial charge on any atom is 0.248 e. The highest BCUT2D eigenvalue weighted by Gasteiger charge is 2.11. The smallest absolute Gasteiger partial charge is 0.248 e. The van der Waals surface area contributed by atoms with E-state index in [1.54, 1.807) is 42.5 Å². The minimum Gasteiger partial charge on any atom is -0.366 e. The number of amides is 2. The van der Waals surface area contributed by atoms with E-state index in [1.165, 1.54) is 4.80 Å². The Morgan fingerprint density at radius 3 is 2.52 bits per heavy atom. The van der Waals surface area contributed by atoms with Crippen molar-refractivity contribution in [1.29, 1.82) is 0 Å². The molecule has 0 saturated carbocycles. The number of nitrogens with one attached hydrogen (secondary N) is 1. The quantitative estimate of drug-likeness (QED) is 0.651. The van der Waals surface area contributed by atoms with Crippen molar-refractivity contribution in [1.82, 2.24) is 25.5 Å². The number of nitrogens with zero attached hydrogens (tertiary/aromatic N) is 4. The Labute approximate surface area is 164 Å². The largest absolute Gasteiger partial charge is 0.366 e. The van der Waals surface area contributed by atoms with Crippen LogP contribution >= 0.6 is 23.2 Å². The van der Waals surface area contributed by atoms with Crippen LogP contribution in [0, 0.1) is 0 Å². The van der Waals surface area contributed by atoms with Gasteiger partial charge in [-0.15, -0.1) is 10.2 Å². The minimum atomic E-state index is -0.518. The summed E-state index contributed by atoms with van der Waals surface area (Å²) < 4.78 is 0. The summed E-state index contributed by atoms with van der Waals surface area (Å²) >= 11 is 11.9. The van der Waals surface area contributed by atoms with Gasteiger partial charge in [0.25, 0.3) is 0 Å². The SMILES string of the molecule is NC(=O)c1ccc(-c2nnn(CC(=O)NCc3ccc(Cl)cc3Cl)n2)cc1.